The van der Waals surface area contributed by atoms with Gasteiger partial charge in [0.05, 0.1) is 5.69 Å². The topological polar surface area (TPSA) is 80.4 Å². The van der Waals surface area contributed by atoms with E-state index >= 15 is 0 Å². The number of likely N-dealkylation sites (tertiary alicyclic amines) is 1. The van der Waals surface area contributed by atoms with Crippen LogP contribution < -0.4 is 11.1 Å². The molecule has 3 N–H and O–H groups in total. The Kier molecular flexibility index (Phi) is 4.55. The number of carbonyl (C=O) groups is 2. The van der Waals surface area contributed by atoms with E-state index in [0.29, 0.717) is 24.5 Å². The Morgan fingerprint density at radius 2 is 1.95 bits per heavy atom. The largest absolute Gasteiger partial charge is 0.397 e. The number of piperidine rings is 1. The zero-order chi connectivity index (χ0) is 15.6. The highest BCUT2D eigenvalue weighted by Crippen LogP contribution is 2.16. The number of carbonyl (C=O) groups excluding carboxylic acids is 2. The molecule has 0 spiro atoms. The Morgan fingerprint density at radius 1 is 1.33 bits per heavy atom. The monoisotopic (exact) mass is 292 g/mol. The summed E-state index contributed by atoms with van der Waals surface area (Å²) in [5.41, 5.74) is 6.92. The number of hydrogen-bond donors (Lipinski definition) is 2. The number of hydrogen-bond acceptors (Lipinski definition) is 3. The lowest BCUT2D eigenvalue weighted by molar-refractivity contribution is -0.124. The third-order valence-electron chi connectivity index (χ3n) is 3.90. The minimum atomic E-state index is -0.00370. The van der Waals surface area contributed by atoms with E-state index in [1.54, 1.807) is 16.8 Å². The summed E-state index contributed by atoms with van der Waals surface area (Å²) in [6, 6.07) is 1.87. The summed E-state index contributed by atoms with van der Waals surface area (Å²) >= 11 is 0. The molecule has 1 fully saturated rings. The number of amides is 2. The Hall–Kier alpha value is -1.98. The molecule has 1 aromatic heterocycles. The van der Waals surface area contributed by atoms with Gasteiger partial charge in [0.15, 0.2) is 0 Å². The predicted octanol–water partition coefficient (Wildman–Crippen LogP) is 0.984. The lowest BCUT2D eigenvalue weighted by atomic mass is 10.0. The molecular formula is C15H24N4O2. The standard InChI is InChI=1S/C15H24N4O2/c1-10(2)14(20)17-12-4-6-19(7-5-12)15(21)13-8-11(16)9-18(13)3/h8-10,12H,4-7,16H2,1-3H3,(H,17,20). The number of nitrogens with one attached hydrogen (secondary N) is 1. The molecule has 0 aromatic carbocycles. The molecule has 6 heteroatoms. The molecule has 1 saturated heterocycles. The van der Waals surface area contributed by atoms with E-state index in [1.807, 2.05) is 25.8 Å². The lowest BCUT2D eigenvalue weighted by Gasteiger charge is -2.32. The van der Waals surface area contributed by atoms with Crippen molar-refractivity contribution in [2.24, 2.45) is 13.0 Å². The predicted molar refractivity (Wildman–Crippen MR) is 81.7 cm³/mol. The number of anilines is 1. The van der Waals surface area contributed by atoms with Crippen LogP contribution >= 0.6 is 0 Å². The van der Waals surface area contributed by atoms with Crippen molar-refractivity contribution < 1.29 is 9.59 Å². The Balaban J connectivity index is 1.90. The van der Waals surface area contributed by atoms with Crippen LogP contribution in [0, 0.1) is 5.92 Å². The van der Waals surface area contributed by atoms with Gasteiger partial charge in [-0.3, -0.25) is 9.59 Å². The highest BCUT2D eigenvalue weighted by molar-refractivity contribution is 5.93. The SMILES string of the molecule is CC(C)C(=O)NC1CCN(C(=O)c2cc(N)cn2C)CC1. The van der Waals surface area contributed by atoms with Gasteiger partial charge in [-0.2, -0.15) is 0 Å². The zero-order valence-corrected chi connectivity index (χ0v) is 12.9. The van der Waals surface area contributed by atoms with Gasteiger partial charge >= 0.3 is 0 Å². The molecule has 2 heterocycles. The van der Waals surface area contributed by atoms with Crippen molar-refractivity contribution in [2.45, 2.75) is 32.7 Å². The van der Waals surface area contributed by atoms with Crippen molar-refractivity contribution in [3.05, 3.63) is 18.0 Å². The van der Waals surface area contributed by atoms with Gasteiger partial charge in [0, 0.05) is 38.3 Å². The summed E-state index contributed by atoms with van der Waals surface area (Å²) in [5.74, 6) is 0.0776. The quantitative estimate of drug-likeness (QED) is 0.871. The van der Waals surface area contributed by atoms with Gasteiger partial charge in [-0.15, -0.1) is 0 Å². The minimum Gasteiger partial charge on any atom is -0.397 e. The molecular weight excluding hydrogens is 268 g/mol. The van der Waals surface area contributed by atoms with Crippen LogP contribution in [-0.4, -0.2) is 40.4 Å². The van der Waals surface area contributed by atoms with Crippen LogP contribution in [0.5, 0.6) is 0 Å². The molecule has 6 nitrogen and oxygen atoms in total. The molecule has 0 saturated carbocycles. The van der Waals surface area contributed by atoms with E-state index in [1.165, 1.54) is 0 Å². The molecule has 2 rings (SSSR count). The first-order valence-corrected chi connectivity index (χ1v) is 7.40. The number of nitrogens with two attached hydrogens (primary N) is 1. The second-order valence-electron chi connectivity index (χ2n) is 6.00. The van der Waals surface area contributed by atoms with Gasteiger partial charge < -0.3 is 20.5 Å². The summed E-state index contributed by atoms with van der Waals surface area (Å²) in [5, 5.41) is 3.03. The van der Waals surface area contributed by atoms with E-state index < -0.39 is 0 Å². The maximum atomic E-state index is 12.4. The molecule has 2 amide bonds. The normalized spacial score (nSPS) is 16.3. The first-order chi connectivity index (χ1) is 9.88. The van der Waals surface area contributed by atoms with E-state index in [2.05, 4.69) is 5.32 Å². The first-order valence-electron chi connectivity index (χ1n) is 7.40. The minimum absolute atomic E-state index is 0.00263. The third kappa shape index (κ3) is 3.56. The molecule has 1 aromatic rings. The van der Waals surface area contributed by atoms with Gasteiger partial charge in [-0.1, -0.05) is 13.8 Å². The van der Waals surface area contributed by atoms with Gasteiger partial charge in [0.1, 0.15) is 5.69 Å². The molecule has 0 aliphatic carbocycles. The Morgan fingerprint density at radius 3 is 2.43 bits per heavy atom. The van der Waals surface area contributed by atoms with Crippen LogP contribution in [0.4, 0.5) is 5.69 Å². The van der Waals surface area contributed by atoms with Crippen LogP contribution in [-0.2, 0) is 11.8 Å². The lowest BCUT2D eigenvalue weighted by Crippen LogP contribution is -2.47. The van der Waals surface area contributed by atoms with Crippen LogP contribution in [0.2, 0.25) is 0 Å². The van der Waals surface area contributed by atoms with Crippen LogP contribution in [0.25, 0.3) is 0 Å². The Labute approximate surface area is 125 Å². The molecule has 21 heavy (non-hydrogen) atoms. The number of nitrogen functional groups attached to an aromatic ring is 1. The van der Waals surface area contributed by atoms with Crippen molar-refractivity contribution in [3.8, 4) is 0 Å². The zero-order valence-electron chi connectivity index (χ0n) is 12.9. The summed E-state index contributed by atoms with van der Waals surface area (Å²) in [6.07, 6.45) is 3.33. The van der Waals surface area contributed by atoms with E-state index in [4.69, 9.17) is 5.73 Å². The average Bonchev–Trinajstić information content (AvgIpc) is 2.77. The number of nitrogens with zero attached hydrogens (tertiary/aromatic N) is 2. The van der Waals surface area contributed by atoms with Crippen molar-refractivity contribution >= 4 is 17.5 Å². The molecule has 0 atom stereocenters. The average molecular weight is 292 g/mol. The second kappa shape index (κ2) is 6.20. The van der Waals surface area contributed by atoms with Crippen molar-refractivity contribution in [1.82, 2.24) is 14.8 Å². The third-order valence-corrected chi connectivity index (χ3v) is 3.90. The Bertz CT molecular complexity index is 528. The van der Waals surface area contributed by atoms with Crippen LogP contribution in [0.15, 0.2) is 12.3 Å². The van der Waals surface area contributed by atoms with Gasteiger partial charge in [-0.25, -0.2) is 0 Å². The molecule has 0 unspecified atom stereocenters. The summed E-state index contributed by atoms with van der Waals surface area (Å²) in [7, 11) is 1.82. The first kappa shape index (κ1) is 15.4. The van der Waals surface area contributed by atoms with Gasteiger partial charge in [-0.05, 0) is 18.9 Å². The van der Waals surface area contributed by atoms with Crippen LogP contribution in [0.3, 0.4) is 0 Å². The fourth-order valence-corrected chi connectivity index (χ4v) is 2.56. The van der Waals surface area contributed by atoms with E-state index in [-0.39, 0.29) is 23.8 Å². The van der Waals surface area contributed by atoms with Crippen LogP contribution in [0.1, 0.15) is 37.2 Å². The smallest absolute Gasteiger partial charge is 0.270 e. The van der Waals surface area contributed by atoms with E-state index in [0.717, 1.165) is 12.8 Å². The van der Waals surface area contributed by atoms with Gasteiger partial charge in [0.25, 0.3) is 5.91 Å². The molecule has 0 bridgehead atoms. The van der Waals surface area contributed by atoms with Gasteiger partial charge in [0.2, 0.25) is 5.91 Å². The fraction of sp³-hybridized carbons (Fsp3) is 0.600. The van der Waals surface area contributed by atoms with Crippen molar-refractivity contribution in [1.29, 1.82) is 0 Å². The second-order valence-corrected chi connectivity index (χ2v) is 6.00. The number of aromatic nitrogens is 1. The molecule has 0 radical (unpaired) electrons. The maximum Gasteiger partial charge on any atom is 0.270 e. The van der Waals surface area contributed by atoms with Crippen molar-refractivity contribution in [2.75, 3.05) is 18.8 Å². The van der Waals surface area contributed by atoms with E-state index in [9.17, 15) is 9.59 Å². The number of rotatable bonds is 3. The molecule has 1 aliphatic heterocycles. The summed E-state index contributed by atoms with van der Waals surface area (Å²) < 4.78 is 1.75. The maximum absolute atomic E-state index is 12.4. The number of aryl methyl sites for hydroxylation is 1. The highest BCUT2D eigenvalue weighted by Gasteiger charge is 2.26. The molecule has 116 valence electrons. The molecule has 1 aliphatic rings. The summed E-state index contributed by atoms with van der Waals surface area (Å²) in [4.78, 5) is 25.9. The van der Waals surface area contributed by atoms with Crippen molar-refractivity contribution in [3.63, 3.8) is 0 Å². The highest BCUT2D eigenvalue weighted by atomic mass is 16.2. The fourth-order valence-electron chi connectivity index (χ4n) is 2.56. The summed E-state index contributed by atoms with van der Waals surface area (Å²) in [6.45, 7) is 5.08.